The van der Waals surface area contributed by atoms with Crippen LogP contribution in [0, 0.1) is 17.3 Å². The molecule has 3 nitrogen and oxygen atoms in total. The number of nitro groups is 1. The fourth-order valence-electron chi connectivity index (χ4n) is 5.31. The molecule has 0 N–H and O–H groups in total. The molecular weight excluding hydrogens is 748 g/mol. The lowest BCUT2D eigenvalue weighted by Crippen LogP contribution is -1.93. The van der Waals surface area contributed by atoms with Crippen molar-refractivity contribution in [3.63, 3.8) is 0 Å². The molecular formula is C32H17I2NO2S2. The van der Waals surface area contributed by atoms with Gasteiger partial charge in [-0.1, -0.05) is 84.9 Å². The van der Waals surface area contributed by atoms with Crippen molar-refractivity contribution in [3.05, 3.63) is 120 Å². The zero-order valence-corrected chi connectivity index (χ0v) is 26.1. The zero-order valence-electron chi connectivity index (χ0n) is 20.2. The molecule has 7 heteroatoms. The SMILES string of the molecule is Ic1cc2sc3ccccc3c2c2ccccc12.O=[N+]([O-])c1c(I)c2ccccc2c2c1sc1ccccc12. The highest BCUT2D eigenvalue weighted by atomic mass is 127. The number of fused-ring (bicyclic) bond motifs is 10. The predicted octanol–water partition coefficient (Wildman–Crippen LogP) is 11.5. The van der Waals surface area contributed by atoms with Gasteiger partial charge in [0, 0.05) is 44.6 Å². The molecule has 6 aromatic carbocycles. The lowest BCUT2D eigenvalue weighted by Gasteiger charge is -2.05. The van der Waals surface area contributed by atoms with Gasteiger partial charge in [0.2, 0.25) is 0 Å². The highest BCUT2D eigenvalue weighted by molar-refractivity contribution is 14.1. The molecule has 188 valence electrons. The Kier molecular flexibility index (Phi) is 6.42. The normalized spacial score (nSPS) is 11.5. The summed E-state index contributed by atoms with van der Waals surface area (Å²) >= 11 is 7.91. The summed E-state index contributed by atoms with van der Waals surface area (Å²) in [4.78, 5) is 11.3. The van der Waals surface area contributed by atoms with E-state index in [4.69, 9.17) is 0 Å². The van der Waals surface area contributed by atoms with Crippen LogP contribution in [0.3, 0.4) is 0 Å². The van der Waals surface area contributed by atoms with E-state index in [0.717, 1.165) is 30.9 Å². The fourth-order valence-corrected chi connectivity index (χ4v) is 9.83. The lowest BCUT2D eigenvalue weighted by atomic mass is 10.0. The second kappa shape index (κ2) is 9.96. The molecule has 2 heterocycles. The maximum Gasteiger partial charge on any atom is 0.300 e. The lowest BCUT2D eigenvalue weighted by molar-refractivity contribution is -0.383. The van der Waals surface area contributed by atoms with E-state index in [1.807, 2.05) is 59.9 Å². The Morgan fingerprint density at radius 1 is 0.564 bits per heavy atom. The quantitative estimate of drug-likeness (QED) is 0.0949. The van der Waals surface area contributed by atoms with Crippen LogP contribution in [0.5, 0.6) is 0 Å². The molecule has 0 aliphatic heterocycles. The van der Waals surface area contributed by atoms with Crippen molar-refractivity contribution >= 4 is 135 Å². The molecule has 8 rings (SSSR count). The first-order valence-electron chi connectivity index (χ1n) is 12.2. The van der Waals surface area contributed by atoms with Crippen LogP contribution in [0.4, 0.5) is 5.69 Å². The highest BCUT2D eigenvalue weighted by Crippen LogP contribution is 2.46. The van der Waals surface area contributed by atoms with Crippen LogP contribution in [0.15, 0.2) is 103 Å². The van der Waals surface area contributed by atoms with Gasteiger partial charge in [0.15, 0.2) is 0 Å². The van der Waals surface area contributed by atoms with Crippen LogP contribution >= 0.6 is 67.9 Å². The van der Waals surface area contributed by atoms with Crippen molar-refractivity contribution in [2.75, 3.05) is 0 Å². The Morgan fingerprint density at radius 2 is 1.05 bits per heavy atom. The van der Waals surface area contributed by atoms with Gasteiger partial charge < -0.3 is 0 Å². The van der Waals surface area contributed by atoms with Crippen molar-refractivity contribution in [3.8, 4) is 0 Å². The Hall–Kier alpha value is -2.86. The Balaban J connectivity index is 0.000000131. The second-order valence-corrected chi connectivity index (χ2v) is 13.5. The van der Waals surface area contributed by atoms with Crippen molar-refractivity contribution in [1.82, 2.24) is 0 Å². The van der Waals surface area contributed by atoms with Gasteiger partial charge in [-0.25, -0.2) is 0 Å². The van der Waals surface area contributed by atoms with Gasteiger partial charge in [-0.3, -0.25) is 10.1 Å². The Labute approximate surface area is 258 Å². The minimum Gasteiger partial charge on any atom is -0.258 e. The number of thiophene rings is 2. The molecule has 0 unspecified atom stereocenters. The Morgan fingerprint density at radius 3 is 1.69 bits per heavy atom. The molecule has 0 amide bonds. The maximum atomic E-state index is 11.6. The first-order chi connectivity index (χ1) is 19.0. The summed E-state index contributed by atoms with van der Waals surface area (Å²) < 4.78 is 6.67. The summed E-state index contributed by atoms with van der Waals surface area (Å²) in [6.07, 6.45) is 0. The maximum absolute atomic E-state index is 11.6. The van der Waals surface area contributed by atoms with Gasteiger partial charge in [-0.2, -0.15) is 0 Å². The first kappa shape index (κ1) is 25.1. The molecule has 0 aliphatic carbocycles. The van der Waals surface area contributed by atoms with Crippen LogP contribution in [0.2, 0.25) is 0 Å². The summed E-state index contributed by atoms with van der Waals surface area (Å²) in [7, 11) is 0. The Bertz CT molecular complexity index is 2250. The predicted molar refractivity (Wildman–Crippen MR) is 186 cm³/mol. The third-order valence-corrected chi connectivity index (χ3v) is 11.2. The standard InChI is InChI=1S/C16H8INO2S.C16H9IS/c17-14-10-6-2-1-5-9(10)13-11-7-3-4-8-12(11)21-16(13)15(14)18(19)20;17-13-9-15-16(11-6-2-1-5-10(11)13)12-7-3-4-8-14(12)18-15/h1-8H;1-9H. The number of hydrogen-bond donors (Lipinski definition) is 0. The second-order valence-electron chi connectivity index (χ2n) is 9.14. The highest BCUT2D eigenvalue weighted by Gasteiger charge is 2.24. The molecule has 39 heavy (non-hydrogen) atoms. The molecule has 2 aromatic heterocycles. The van der Waals surface area contributed by atoms with Crippen molar-refractivity contribution in [2.45, 2.75) is 0 Å². The number of rotatable bonds is 1. The molecule has 0 saturated carbocycles. The molecule has 0 spiro atoms. The average Bonchev–Trinajstić information content (AvgIpc) is 3.52. The zero-order chi connectivity index (χ0) is 26.7. The van der Waals surface area contributed by atoms with Crippen LogP contribution in [0.1, 0.15) is 0 Å². The van der Waals surface area contributed by atoms with Gasteiger partial charge in [0.05, 0.1) is 4.92 Å². The topological polar surface area (TPSA) is 43.1 Å². The number of nitrogens with zero attached hydrogens (tertiary/aromatic N) is 1. The molecule has 0 radical (unpaired) electrons. The molecule has 0 aliphatic rings. The van der Waals surface area contributed by atoms with E-state index in [-0.39, 0.29) is 10.6 Å². The third kappa shape index (κ3) is 4.09. The van der Waals surface area contributed by atoms with E-state index in [9.17, 15) is 10.1 Å². The van der Waals surface area contributed by atoms with E-state index in [1.54, 1.807) is 0 Å². The van der Waals surface area contributed by atoms with Gasteiger partial charge in [0.25, 0.3) is 0 Å². The van der Waals surface area contributed by atoms with E-state index in [1.165, 1.54) is 45.9 Å². The van der Waals surface area contributed by atoms with Gasteiger partial charge in [0.1, 0.15) is 8.27 Å². The molecule has 0 atom stereocenters. The van der Waals surface area contributed by atoms with Gasteiger partial charge in [-0.05, 0) is 79.5 Å². The largest absolute Gasteiger partial charge is 0.300 e. The summed E-state index contributed by atoms with van der Waals surface area (Å²) in [5.41, 5.74) is 0.227. The minimum atomic E-state index is -0.258. The minimum absolute atomic E-state index is 0.227. The van der Waals surface area contributed by atoms with E-state index < -0.39 is 0 Å². The van der Waals surface area contributed by atoms with Crippen molar-refractivity contribution in [2.24, 2.45) is 0 Å². The van der Waals surface area contributed by atoms with Crippen molar-refractivity contribution in [1.29, 1.82) is 0 Å². The third-order valence-electron chi connectivity index (χ3n) is 6.97. The summed E-state index contributed by atoms with van der Waals surface area (Å²) in [6, 6.07) is 35.6. The van der Waals surface area contributed by atoms with Crippen molar-refractivity contribution < 1.29 is 4.92 Å². The van der Waals surface area contributed by atoms with Crippen LogP contribution in [0.25, 0.3) is 61.9 Å². The van der Waals surface area contributed by atoms with Gasteiger partial charge in [-0.15, -0.1) is 22.7 Å². The molecule has 0 fully saturated rings. The summed E-state index contributed by atoms with van der Waals surface area (Å²) in [5.74, 6) is 0. The summed E-state index contributed by atoms with van der Waals surface area (Å²) in [5, 5.41) is 21.2. The van der Waals surface area contributed by atoms with Crippen LogP contribution in [-0.2, 0) is 0 Å². The number of hydrogen-bond acceptors (Lipinski definition) is 4. The molecule has 0 bridgehead atoms. The van der Waals surface area contributed by atoms with Gasteiger partial charge >= 0.3 is 5.69 Å². The number of benzene rings is 6. The van der Waals surface area contributed by atoms with Crippen LogP contribution < -0.4 is 0 Å². The molecule has 8 aromatic rings. The van der Waals surface area contributed by atoms with Crippen LogP contribution in [-0.4, -0.2) is 4.92 Å². The van der Waals surface area contributed by atoms with E-state index in [0.29, 0.717) is 3.57 Å². The van der Waals surface area contributed by atoms with E-state index >= 15 is 0 Å². The number of halogens is 2. The number of nitro benzene ring substituents is 1. The molecule has 0 saturated heterocycles. The van der Waals surface area contributed by atoms with E-state index in [2.05, 4.69) is 99.8 Å². The monoisotopic (exact) mass is 765 g/mol. The fraction of sp³-hybridized carbons (Fsp3) is 0. The summed E-state index contributed by atoms with van der Waals surface area (Å²) in [6.45, 7) is 0. The average molecular weight is 765 g/mol. The first-order valence-corrected chi connectivity index (χ1v) is 16.0. The smallest absolute Gasteiger partial charge is 0.258 e.